The van der Waals surface area contributed by atoms with Crippen molar-refractivity contribution in [3.8, 4) is 33.6 Å². The maximum absolute atomic E-state index is 6.04. The molecule has 9 rings (SSSR count). The number of aromatic nitrogens is 3. The molecular formula is C49H41IrN3OSi-2. The Kier molecular flexibility index (Phi) is 11.0. The quantitative estimate of drug-likeness (QED) is 0.123. The van der Waals surface area contributed by atoms with E-state index in [1.807, 2.05) is 42.6 Å². The third kappa shape index (κ3) is 8.13. The van der Waals surface area contributed by atoms with Gasteiger partial charge < -0.3 is 14.4 Å². The molecule has 0 spiro atoms. The monoisotopic (exact) mass is 908 g/mol. The predicted molar refractivity (Wildman–Crippen MR) is 227 cm³/mol. The van der Waals surface area contributed by atoms with E-state index in [0.29, 0.717) is 0 Å². The molecule has 4 heterocycles. The number of fused-ring (bicyclic) bond motifs is 4. The van der Waals surface area contributed by atoms with E-state index in [-0.39, 0.29) is 26.0 Å². The molecule has 55 heavy (non-hydrogen) atoms. The Morgan fingerprint density at radius 2 is 1.31 bits per heavy atom. The standard InChI is InChI=1S/C28H19N2O.C21H22NSi.Ir/c1-18(19-7-3-2-4-8-19)24-12-14-27-28(30-24)23-15-21(11-13-26(23)31-27)25-16-20-9-5-6-10-22(20)17-29-25;1-16-10-12-18(13-11-16)20-14-19(17-8-6-5-7-9-17)21(15-22-20)23(2,3)4;/h2-10,12-18H,1H3;5-12,14-15H,1-4H3;/q2*-1;. The third-order valence-corrected chi connectivity index (χ3v) is 12.0. The molecule has 1 atom stereocenters. The van der Waals surface area contributed by atoms with E-state index >= 15 is 0 Å². The second-order valence-corrected chi connectivity index (χ2v) is 19.9. The fourth-order valence-corrected chi connectivity index (χ4v) is 8.33. The van der Waals surface area contributed by atoms with Crippen molar-refractivity contribution in [3.63, 3.8) is 0 Å². The second-order valence-electron chi connectivity index (χ2n) is 14.9. The molecule has 1 unspecified atom stereocenters. The molecule has 0 aliphatic carbocycles. The second kappa shape index (κ2) is 16.1. The average Bonchev–Trinajstić information content (AvgIpc) is 3.58. The van der Waals surface area contributed by atoms with Crippen molar-refractivity contribution in [1.82, 2.24) is 15.0 Å². The summed E-state index contributed by atoms with van der Waals surface area (Å²) < 4.78 is 6.04. The topological polar surface area (TPSA) is 51.8 Å². The van der Waals surface area contributed by atoms with Gasteiger partial charge in [-0.1, -0.05) is 131 Å². The molecule has 4 nitrogen and oxygen atoms in total. The van der Waals surface area contributed by atoms with Crippen molar-refractivity contribution in [1.29, 1.82) is 0 Å². The summed E-state index contributed by atoms with van der Waals surface area (Å²) in [7, 11) is -1.47. The molecule has 5 aromatic carbocycles. The molecule has 4 aromatic heterocycles. The molecule has 0 aliphatic rings. The number of aryl methyl sites for hydroxylation is 1. The van der Waals surface area contributed by atoms with Crippen LogP contribution in [0.4, 0.5) is 0 Å². The van der Waals surface area contributed by atoms with Gasteiger partial charge in [-0.15, -0.1) is 59.2 Å². The molecule has 0 N–H and O–H groups in total. The van der Waals surface area contributed by atoms with Crippen molar-refractivity contribution in [2.75, 3.05) is 0 Å². The van der Waals surface area contributed by atoms with Gasteiger partial charge in [-0.05, 0) is 61.6 Å². The first kappa shape index (κ1) is 37.8. The third-order valence-electron chi connectivity index (χ3n) is 9.96. The summed E-state index contributed by atoms with van der Waals surface area (Å²) in [6.45, 7) is 11.4. The van der Waals surface area contributed by atoms with Crippen molar-refractivity contribution in [3.05, 3.63) is 181 Å². The first-order valence-electron chi connectivity index (χ1n) is 18.4. The maximum Gasteiger partial charge on any atom is 0.139 e. The number of benzene rings is 5. The predicted octanol–water partition coefficient (Wildman–Crippen LogP) is 12.2. The number of furan rings is 1. The number of hydrogen-bond acceptors (Lipinski definition) is 4. The molecule has 0 fully saturated rings. The van der Waals surface area contributed by atoms with E-state index in [2.05, 4.69) is 160 Å². The Hall–Kier alpha value is -5.52. The first-order chi connectivity index (χ1) is 26.2. The smallest absolute Gasteiger partial charge is 0.139 e. The summed E-state index contributed by atoms with van der Waals surface area (Å²) in [4.78, 5) is 14.4. The van der Waals surface area contributed by atoms with Gasteiger partial charge in [0.05, 0.1) is 19.2 Å². The van der Waals surface area contributed by atoms with Crippen molar-refractivity contribution in [2.45, 2.75) is 39.4 Å². The summed E-state index contributed by atoms with van der Waals surface area (Å²) in [6.07, 6.45) is 3.99. The van der Waals surface area contributed by atoms with Crippen LogP contribution >= 0.6 is 0 Å². The summed E-state index contributed by atoms with van der Waals surface area (Å²) in [5.74, 6) is 0.201. The van der Waals surface area contributed by atoms with Gasteiger partial charge in [0, 0.05) is 44.1 Å². The van der Waals surface area contributed by atoms with E-state index in [0.717, 1.165) is 61.1 Å². The van der Waals surface area contributed by atoms with Crippen LogP contribution < -0.4 is 5.19 Å². The molecule has 273 valence electrons. The number of rotatable bonds is 6. The molecule has 0 saturated carbocycles. The van der Waals surface area contributed by atoms with Gasteiger partial charge in [-0.2, -0.15) is 0 Å². The minimum atomic E-state index is -1.47. The molecule has 9 aromatic rings. The SMILES string of the molecule is CC(c1ccccc1)c1ccc2oc3c[c-]c(-c4cc5ccccc5cn4)cc3c2n1.Cc1c[c-]c(-c2cc(-c3ccccc3)c([Si](C)(C)C)cn2)cc1.[Ir]. The van der Waals surface area contributed by atoms with E-state index < -0.39 is 8.07 Å². The zero-order chi connectivity index (χ0) is 37.2. The van der Waals surface area contributed by atoms with Crippen molar-refractivity contribution < 1.29 is 24.5 Å². The molecule has 0 amide bonds. The molecule has 0 bridgehead atoms. The molecule has 6 heteroatoms. The Labute approximate surface area is 337 Å². The van der Waals surface area contributed by atoms with Crippen LogP contribution in [0.1, 0.15) is 29.7 Å². The Bertz CT molecular complexity index is 2720. The van der Waals surface area contributed by atoms with Gasteiger partial charge in [0.15, 0.2) is 0 Å². The van der Waals surface area contributed by atoms with Crippen molar-refractivity contribution >= 4 is 46.1 Å². The van der Waals surface area contributed by atoms with Gasteiger partial charge in [0.1, 0.15) is 5.58 Å². The summed E-state index contributed by atoms with van der Waals surface area (Å²) >= 11 is 0. The summed E-state index contributed by atoms with van der Waals surface area (Å²) in [5, 5.41) is 4.68. The largest absolute Gasteiger partial charge is 0.499 e. The van der Waals surface area contributed by atoms with Gasteiger partial charge in [0.2, 0.25) is 0 Å². The van der Waals surface area contributed by atoms with E-state index in [1.165, 1.54) is 27.4 Å². The van der Waals surface area contributed by atoms with Crippen LogP contribution in [-0.2, 0) is 20.1 Å². The Balaban J connectivity index is 0.000000174. The molecule has 1 radical (unpaired) electrons. The van der Waals surface area contributed by atoms with E-state index in [1.54, 1.807) is 0 Å². The van der Waals surface area contributed by atoms with Crippen LogP contribution in [0.2, 0.25) is 19.6 Å². The Morgan fingerprint density at radius 1 is 0.636 bits per heavy atom. The van der Waals surface area contributed by atoms with Crippen LogP contribution in [0.5, 0.6) is 0 Å². The Morgan fingerprint density at radius 3 is 2.04 bits per heavy atom. The van der Waals surface area contributed by atoms with Gasteiger partial charge in [-0.25, -0.2) is 4.98 Å². The normalized spacial score (nSPS) is 11.9. The number of hydrogen-bond donors (Lipinski definition) is 0. The maximum atomic E-state index is 6.04. The fourth-order valence-electron chi connectivity index (χ4n) is 6.85. The van der Waals surface area contributed by atoms with Crippen LogP contribution in [0, 0.1) is 19.1 Å². The minimum Gasteiger partial charge on any atom is -0.499 e. The van der Waals surface area contributed by atoms with Crippen molar-refractivity contribution in [2.24, 2.45) is 0 Å². The zero-order valence-electron chi connectivity index (χ0n) is 31.6. The number of nitrogens with zero attached hydrogens (tertiary/aromatic N) is 3. The van der Waals surface area contributed by atoms with E-state index in [4.69, 9.17) is 14.4 Å². The molecule has 0 saturated heterocycles. The van der Waals surface area contributed by atoms with Gasteiger partial charge in [-0.3, -0.25) is 0 Å². The van der Waals surface area contributed by atoms with Gasteiger partial charge >= 0.3 is 0 Å². The first-order valence-corrected chi connectivity index (χ1v) is 21.9. The van der Waals surface area contributed by atoms with Gasteiger partial charge in [0.25, 0.3) is 0 Å². The van der Waals surface area contributed by atoms with Crippen LogP contribution in [0.3, 0.4) is 0 Å². The van der Waals surface area contributed by atoms with Crippen LogP contribution in [-0.4, -0.2) is 23.0 Å². The van der Waals surface area contributed by atoms with Crippen LogP contribution in [0.25, 0.3) is 66.5 Å². The average molecular weight is 908 g/mol. The molecule has 0 aliphatic heterocycles. The van der Waals surface area contributed by atoms with E-state index in [9.17, 15) is 0 Å². The van der Waals surface area contributed by atoms with Crippen LogP contribution in [0.15, 0.2) is 156 Å². The fraction of sp³-hybridized carbons (Fsp3) is 0.122. The summed E-state index contributed by atoms with van der Waals surface area (Å²) in [6, 6.07) is 54.6. The minimum absolute atomic E-state index is 0. The molecular weight excluding hydrogens is 867 g/mol. The summed E-state index contributed by atoms with van der Waals surface area (Å²) in [5.41, 5.74) is 12.4. The zero-order valence-corrected chi connectivity index (χ0v) is 35.0. The number of pyridine rings is 3.